The Labute approximate surface area is 313 Å². The molecule has 0 unspecified atom stereocenters. The first-order valence-electron chi connectivity index (χ1n) is 18.1. The SMILES string of the molecule is CO[C@H]1CN(C)C(=O)[C@@H]2C[C@@H](CN2c2nc(N3CC(C)(N)C3)nc3c2cnn3-c2ccc(F)cc2F)Nc2cccc(n2)-c2cc(F)cc3nc(C)n(c23)C1. The van der Waals surface area contributed by atoms with Crippen molar-refractivity contribution in [2.45, 2.75) is 50.5 Å². The molecule has 9 rings (SSSR count). The molecule has 1 amide bonds. The van der Waals surface area contributed by atoms with E-state index in [1.165, 1.54) is 29.1 Å². The molecule has 55 heavy (non-hydrogen) atoms. The van der Waals surface area contributed by atoms with E-state index in [0.29, 0.717) is 78.2 Å². The average Bonchev–Trinajstić information content (AvgIpc) is 3.84. The Kier molecular flexibility index (Phi) is 8.20. The zero-order valence-corrected chi connectivity index (χ0v) is 30.7. The second-order valence-corrected chi connectivity index (χ2v) is 15.1. The standard InChI is InChI=1S/C38H39F3N12O2/c1-20-44-29-12-22(40)10-25-28-6-5-7-32(46-28)45-23-13-31(36(54)49(3)16-24(55-4)17-51(20)33(25)29)52(15-23)34-26-14-43-53(30-9-8-21(39)11-27(30)41)35(26)48-37(47-34)50-18-38(2,42)19-50/h5-12,14,23-24,31H,13,15-19,42H2,1-4H3,(H,45,46)/t23-,24-,31-/m0/s1. The van der Waals surface area contributed by atoms with Crippen LogP contribution < -0.4 is 20.9 Å². The van der Waals surface area contributed by atoms with Gasteiger partial charge in [-0.05, 0) is 50.6 Å². The smallest absolute Gasteiger partial charge is 0.245 e. The summed E-state index contributed by atoms with van der Waals surface area (Å²) in [5, 5.41) is 8.50. The van der Waals surface area contributed by atoms with E-state index >= 15 is 8.78 Å². The van der Waals surface area contributed by atoms with E-state index < -0.39 is 35.1 Å². The largest absolute Gasteiger partial charge is 0.378 e. The third kappa shape index (κ3) is 6.07. The van der Waals surface area contributed by atoms with Crippen LogP contribution in [-0.2, 0) is 16.1 Å². The van der Waals surface area contributed by atoms with Gasteiger partial charge in [-0.15, -0.1) is 0 Å². The van der Waals surface area contributed by atoms with Gasteiger partial charge in [-0.2, -0.15) is 15.1 Å². The number of likely N-dealkylation sites (N-methyl/N-ethyl adjacent to an activating group) is 1. The Bertz CT molecular complexity index is 2490. The quantitative estimate of drug-likeness (QED) is 0.269. The molecule has 6 aromatic rings. The Hall–Kier alpha value is -5.81. The van der Waals surface area contributed by atoms with E-state index in [1.807, 2.05) is 46.4 Å². The second-order valence-electron chi connectivity index (χ2n) is 15.1. The van der Waals surface area contributed by atoms with Crippen molar-refractivity contribution in [2.75, 3.05) is 55.5 Å². The molecule has 2 saturated heterocycles. The van der Waals surface area contributed by atoms with Gasteiger partial charge in [0.25, 0.3) is 0 Å². The van der Waals surface area contributed by atoms with Crippen molar-refractivity contribution >= 4 is 45.6 Å². The van der Waals surface area contributed by atoms with E-state index in [2.05, 4.69) is 15.4 Å². The number of amides is 1. The van der Waals surface area contributed by atoms with Gasteiger partial charge in [-0.3, -0.25) is 4.79 Å². The highest BCUT2D eigenvalue weighted by Gasteiger charge is 2.42. The molecule has 14 nitrogen and oxygen atoms in total. The lowest BCUT2D eigenvalue weighted by Crippen LogP contribution is -2.66. The first kappa shape index (κ1) is 34.9. The predicted molar refractivity (Wildman–Crippen MR) is 201 cm³/mol. The zero-order chi connectivity index (χ0) is 38.3. The van der Waals surface area contributed by atoms with Gasteiger partial charge in [0, 0.05) is 69.6 Å². The maximum absolute atomic E-state index is 15.2. The highest BCUT2D eigenvalue weighted by Crippen LogP contribution is 2.37. The van der Waals surface area contributed by atoms with Crippen LogP contribution in [0.1, 0.15) is 19.2 Å². The molecule has 2 aromatic carbocycles. The Morgan fingerprint density at radius 2 is 1.80 bits per heavy atom. The van der Waals surface area contributed by atoms with E-state index in [0.717, 1.165) is 17.6 Å². The molecule has 4 bridgehead atoms. The third-order valence-electron chi connectivity index (χ3n) is 10.7. The Balaban J connectivity index is 1.17. The van der Waals surface area contributed by atoms with Gasteiger partial charge in [0.2, 0.25) is 11.9 Å². The van der Waals surface area contributed by atoms with Crippen molar-refractivity contribution in [3.8, 4) is 16.9 Å². The Morgan fingerprint density at radius 1 is 0.982 bits per heavy atom. The fourth-order valence-electron chi connectivity index (χ4n) is 8.15. The van der Waals surface area contributed by atoms with Crippen molar-refractivity contribution < 1.29 is 22.7 Å². The number of anilines is 3. The summed E-state index contributed by atoms with van der Waals surface area (Å²) in [5.74, 6) is -0.128. The van der Waals surface area contributed by atoms with Crippen LogP contribution in [0.25, 0.3) is 39.0 Å². The number of aryl methyl sites for hydroxylation is 1. The molecule has 7 heterocycles. The molecule has 0 saturated carbocycles. The maximum atomic E-state index is 15.2. The number of nitrogens with one attached hydrogen (secondary N) is 1. The number of nitrogens with zero attached hydrogens (tertiary/aromatic N) is 10. The van der Waals surface area contributed by atoms with E-state index in [1.54, 1.807) is 19.1 Å². The fraction of sp³-hybridized carbons (Fsp3) is 0.368. The van der Waals surface area contributed by atoms with Crippen LogP contribution in [0.4, 0.5) is 30.8 Å². The van der Waals surface area contributed by atoms with Crippen LogP contribution in [0.3, 0.4) is 0 Å². The van der Waals surface area contributed by atoms with Crippen molar-refractivity contribution in [1.29, 1.82) is 0 Å². The number of rotatable bonds is 4. The van der Waals surface area contributed by atoms with Crippen LogP contribution in [0, 0.1) is 24.4 Å². The highest BCUT2D eigenvalue weighted by molar-refractivity contribution is 5.94. The normalized spacial score (nSPS) is 21.1. The van der Waals surface area contributed by atoms with Gasteiger partial charge in [0.15, 0.2) is 11.5 Å². The first-order chi connectivity index (χ1) is 26.4. The first-order valence-corrected chi connectivity index (χ1v) is 18.1. The van der Waals surface area contributed by atoms with Gasteiger partial charge in [-0.1, -0.05) is 6.07 Å². The average molecular weight is 753 g/mol. The number of hydrogen-bond acceptors (Lipinski definition) is 11. The summed E-state index contributed by atoms with van der Waals surface area (Å²) in [4.78, 5) is 39.6. The number of imidazole rings is 1. The monoisotopic (exact) mass is 752 g/mol. The van der Waals surface area contributed by atoms with E-state index in [4.69, 9.17) is 25.4 Å². The van der Waals surface area contributed by atoms with E-state index in [9.17, 15) is 9.18 Å². The van der Waals surface area contributed by atoms with Crippen LogP contribution >= 0.6 is 0 Å². The molecule has 2 fully saturated rings. The number of methoxy groups -OCH3 is 1. The lowest BCUT2D eigenvalue weighted by molar-refractivity contribution is -0.132. The number of pyridine rings is 1. The number of hydrogen-bond donors (Lipinski definition) is 2. The Morgan fingerprint density at radius 3 is 2.56 bits per heavy atom. The molecule has 3 N–H and O–H groups in total. The van der Waals surface area contributed by atoms with Gasteiger partial charge in [-0.25, -0.2) is 27.8 Å². The molecule has 3 atom stereocenters. The molecular weight excluding hydrogens is 713 g/mol. The number of nitrogens with two attached hydrogens (primary N) is 1. The number of ether oxygens (including phenoxy) is 1. The molecule has 17 heteroatoms. The molecule has 0 spiro atoms. The van der Waals surface area contributed by atoms with Crippen molar-refractivity contribution in [3.63, 3.8) is 0 Å². The van der Waals surface area contributed by atoms with Crippen LogP contribution in [0.5, 0.6) is 0 Å². The highest BCUT2D eigenvalue weighted by atomic mass is 19.1. The number of aromatic nitrogens is 7. The van der Waals surface area contributed by atoms with Gasteiger partial charge >= 0.3 is 0 Å². The minimum Gasteiger partial charge on any atom is -0.378 e. The summed E-state index contributed by atoms with van der Waals surface area (Å²) in [6.07, 6.45) is 1.47. The van der Waals surface area contributed by atoms with Crippen molar-refractivity contribution in [3.05, 3.63) is 78.0 Å². The molecule has 3 aliphatic heterocycles. The second kappa shape index (κ2) is 12.9. The molecule has 284 valence electrons. The zero-order valence-electron chi connectivity index (χ0n) is 30.7. The molecule has 3 aliphatic rings. The summed E-state index contributed by atoms with van der Waals surface area (Å²) in [6.45, 7) is 5.66. The molecule has 0 aliphatic carbocycles. The van der Waals surface area contributed by atoms with Gasteiger partial charge < -0.3 is 35.1 Å². The predicted octanol–water partition coefficient (Wildman–Crippen LogP) is 4.04. The molecule has 0 radical (unpaired) electrons. The third-order valence-corrected chi connectivity index (χ3v) is 10.7. The van der Waals surface area contributed by atoms with Crippen LogP contribution in [0.15, 0.2) is 54.7 Å². The van der Waals surface area contributed by atoms with Crippen molar-refractivity contribution in [1.82, 2.24) is 39.2 Å². The van der Waals surface area contributed by atoms with Crippen LogP contribution in [-0.4, -0.2) is 109 Å². The fourth-order valence-corrected chi connectivity index (χ4v) is 8.15. The number of benzene rings is 2. The summed E-state index contributed by atoms with van der Waals surface area (Å²) >= 11 is 0. The van der Waals surface area contributed by atoms with Crippen LogP contribution in [0.2, 0.25) is 0 Å². The minimum absolute atomic E-state index is 0.0115. The summed E-state index contributed by atoms with van der Waals surface area (Å²) in [5.41, 5.74) is 8.59. The summed E-state index contributed by atoms with van der Waals surface area (Å²) in [7, 11) is 3.34. The molecule has 4 aromatic heterocycles. The lowest BCUT2D eigenvalue weighted by atomic mass is 9.94. The lowest BCUT2D eigenvalue weighted by Gasteiger charge is -2.45. The van der Waals surface area contributed by atoms with Crippen molar-refractivity contribution in [2.24, 2.45) is 5.73 Å². The maximum Gasteiger partial charge on any atom is 0.245 e. The van der Waals surface area contributed by atoms with E-state index in [-0.39, 0.29) is 29.8 Å². The summed E-state index contributed by atoms with van der Waals surface area (Å²) in [6, 6.07) is 10.7. The minimum atomic E-state index is -0.808. The van der Waals surface area contributed by atoms with Gasteiger partial charge in [0.1, 0.15) is 40.8 Å². The molecular formula is C38H39F3N12O2. The number of carbonyl (C=O) groups excluding carboxylic acids is 1. The number of halogens is 3. The number of carbonyl (C=O) groups is 1. The summed E-state index contributed by atoms with van der Waals surface area (Å²) < 4.78 is 53.5. The topological polar surface area (TPSA) is 148 Å². The number of fused-ring (bicyclic) bond motifs is 6. The van der Waals surface area contributed by atoms with Gasteiger partial charge in [0.05, 0.1) is 41.0 Å².